The third-order valence-corrected chi connectivity index (χ3v) is 12.3. The fourth-order valence-corrected chi connectivity index (χ4v) is 9.38. The lowest BCUT2D eigenvalue weighted by atomic mass is 9.86. The molecule has 0 saturated heterocycles. The van der Waals surface area contributed by atoms with Gasteiger partial charge in [-0.15, -0.1) is 5.54 Å². The maximum Gasteiger partial charge on any atom is 0.146 e. The Bertz CT molecular complexity index is 573. The fraction of sp³-hybridized carbons (Fsp3) is 0.619. The topological polar surface area (TPSA) is 0 Å². The van der Waals surface area contributed by atoms with Gasteiger partial charge in [0.2, 0.25) is 0 Å². The van der Waals surface area contributed by atoms with Crippen LogP contribution in [0.1, 0.15) is 73.4 Å². The van der Waals surface area contributed by atoms with Gasteiger partial charge in [-0.2, -0.15) is 0 Å². The van der Waals surface area contributed by atoms with Crippen molar-refractivity contribution in [1.82, 2.24) is 0 Å². The normalized spacial score (nSPS) is 12.7. The second-order valence-electron chi connectivity index (χ2n) is 8.59. The Morgan fingerprint density at radius 1 is 0.913 bits per heavy atom. The van der Waals surface area contributed by atoms with Crippen molar-refractivity contribution < 1.29 is 0 Å². The van der Waals surface area contributed by atoms with Crippen molar-refractivity contribution in [2.24, 2.45) is 0 Å². The predicted molar refractivity (Wildman–Crippen MR) is 116 cm³/mol. The second kappa shape index (κ2) is 7.74. The first-order chi connectivity index (χ1) is 10.4. The van der Waals surface area contributed by atoms with Crippen molar-refractivity contribution in [3.05, 3.63) is 32.9 Å². The van der Waals surface area contributed by atoms with E-state index in [-0.39, 0.29) is 5.41 Å². The molecule has 0 aliphatic carbocycles. The summed E-state index contributed by atoms with van der Waals surface area (Å²) in [6, 6.07) is 6.76. The zero-order valence-corrected chi connectivity index (χ0v) is 19.5. The van der Waals surface area contributed by atoms with Gasteiger partial charge in [-0.1, -0.05) is 74.3 Å². The molecule has 0 nitrogen and oxygen atoms in total. The first-order valence-corrected chi connectivity index (χ1v) is 12.1. The monoisotopic (exact) mass is 440 g/mol. The van der Waals surface area contributed by atoms with Crippen molar-refractivity contribution in [3.63, 3.8) is 0 Å². The molecular weight excluding hydrogens is 407 g/mol. The van der Waals surface area contributed by atoms with E-state index in [0.717, 1.165) is 0 Å². The van der Waals surface area contributed by atoms with Gasteiger partial charge < -0.3 is 0 Å². The third-order valence-electron chi connectivity index (χ3n) is 5.11. The van der Waals surface area contributed by atoms with Crippen LogP contribution in [0.3, 0.4) is 0 Å². The molecule has 128 valence electrons. The summed E-state index contributed by atoms with van der Waals surface area (Å²) in [6.07, 6.45) is 0. The molecule has 0 saturated carbocycles. The minimum absolute atomic E-state index is 0.170. The number of rotatable bonds is 3. The molecule has 1 rings (SSSR count). The van der Waals surface area contributed by atoms with Crippen LogP contribution in [-0.2, 0) is 5.41 Å². The maximum absolute atomic E-state index is 3.85. The van der Waals surface area contributed by atoms with E-state index in [1.165, 1.54) is 14.7 Å². The van der Waals surface area contributed by atoms with Crippen LogP contribution >= 0.6 is 22.6 Å². The summed E-state index contributed by atoms with van der Waals surface area (Å²) in [5, 5.41) is 0. The van der Waals surface area contributed by atoms with Gasteiger partial charge in [-0.25, -0.2) is 0 Å². The Kier molecular flexibility index (Phi) is 6.99. The zero-order valence-electron chi connectivity index (χ0n) is 16.3. The van der Waals surface area contributed by atoms with Gasteiger partial charge in [0, 0.05) is 9.13 Å². The fourth-order valence-electron chi connectivity index (χ4n) is 3.70. The average Bonchev–Trinajstić information content (AvgIpc) is 2.38. The summed E-state index contributed by atoms with van der Waals surface area (Å²) in [5.41, 5.74) is 8.63. The van der Waals surface area contributed by atoms with Gasteiger partial charge in [-0.05, 0) is 62.3 Å². The van der Waals surface area contributed by atoms with Crippen LogP contribution in [0.5, 0.6) is 0 Å². The van der Waals surface area contributed by atoms with Gasteiger partial charge >= 0.3 is 0 Å². The predicted octanol–water partition coefficient (Wildman–Crippen LogP) is 7.16. The third kappa shape index (κ3) is 4.63. The van der Waals surface area contributed by atoms with Crippen molar-refractivity contribution in [1.29, 1.82) is 0 Å². The molecular formula is C21H33ISi. The molecule has 0 atom stereocenters. The van der Waals surface area contributed by atoms with Crippen LogP contribution in [0.15, 0.2) is 18.2 Å². The Hall–Kier alpha value is -0.273. The Morgan fingerprint density at radius 3 is 1.78 bits per heavy atom. The van der Waals surface area contributed by atoms with Crippen molar-refractivity contribution in [2.75, 3.05) is 0 Å². The molecule has 23 heavy (non-hydrogen) atoms. The molecule has 0 heterocycles. The summed E-state index contributed by atoms with van der Waals surface area (Å²) >= 11 is 2.42. The number of hydrogen-bond acceptors (Lipinski definition) is 0. The van der Waals surface area contributed by atoms with Gasteiger partial charge in [0.05, 0.1) is 0 Å². The maximum atomic E-state index is 3.85. The van der Waals surface area contributed by atoms with Crippen molar-refractivity contribution >= 4 is 30.7 Å². The van der Waals surface area contributed by atoms with Crippen LogP contribution in [0, 0.1) is 15.0 Å². The minimum atomic E-state index is -1.66. The van der Waals surface area contributed by atoms with Crippen LogP contribution < -0.4 is 0 Å². The van der Waals surface area contributed by atoms with E-state index in [1.54, 1.807) is 0 Å². The molecule has 0 N–H and O–H groups in total. The smallest absolute Gasteiger partial charge is 0.125 e. The van der Waals surface area contributed by atoms with E-state index in [1.807, 2.05) is 0 Å². The lowest BCUT2D eigenvalue weighted by Gasteiger charge is -2.38. The van der Waals surface area contributed by atoms with E-state index >= 15 is 0 Å². The van der Waals surface area contributed by atoms with Gasteiger partial charge in [0.15, 0.2) is 0 Å². The molecule has 0 aliphatic heterocycles. The van der Waals surface area contributed by atoms with E-state index in [2.05, 4.69) is 115 Å². The summed E-state index contributed by atoms with van der Waals surface area (Å²) in [4.78, 5) is 0. The minimum Gasteiger partial charge on any atom is -0.125 e. The largest absolute Gasteiger partial charge is 0.146 e. The van der Waals surface area contributed by atoms with Gasteiger partial charge in [0.25, 0.3) is 0 Å². The van der Waals surface area contributed by atoms with E-state index < -0.39 is 8.07 Å². The molecule has 2 heteroatoms. The summed E-state index contributed by atoms with van der Waals surface area (Å²) in [5.74, 6) is 3.61. The lowest BCUT2D eigenvalue weighted by molar-refractivity contribution is 0.590. The van der Waals surface area contributed by atoms with Crippen molar-refractivity contribution in [3.8, 4) is 11.5 Å². The molecule has 0 aromatic heterocycles. The Labute approximate surface area is 159 Å². The first-order valence-electron chi connectivity index (χ1n) is 8.76. The molecule has 1 aromatic carbocycles. The number of benzene rings is 1. The highest BCUT2D eigenvalue weighted by molar-refractivity contribution is 14.1. The molecule has 0 fully saturated rings. The van der Waals surface area contributed by atoms with Crippen LogP contribution in [0.4, 0.5) is 0 Å². The average molecular weight is 440 g/mol. The zero-order chi connectivity index (χ0) is 18.0. The highest BCUT2D eigenvalue weighted by Gasteiger charge is 2.41. The quantitative estimate of drug-likeness (QED) is 0.266. The number of hydrogen-bond donors (Lipinski definition) is 0. The molecule has 0 radical (unpaired) electrons. The SMILES string of the molecule is CC(C)[Si](C#Cc1cc(C(C)(C)C)ccc1I)(C(C)C)C(C)C. The number of halogens is 1. The summed E-state index contributed by atoms with van der Waals surface area (Å²) < 4.78 is 1.27. The van der Waals surface area contributed by atoms with E-state index in [0.29, 0.717) is 16.6 Å². The molecule has 0 amide bonds. The van der Waals surface area contributed by atoms with E-state index in [9.17, 15) is 0 Å². The molecule has 0 unspecified atom stereocenters. The van der Waals surface area contributed by atoms with Crippen LogP contribution in [-0.4, -0.2) is 8.07 Å². The summed E-state index contributed by atoms with van der Waals surface area (Å²) in [7, 11) is -1.66. The summed E-state index contributed by atoms with van der Waals surface area (Å²) in [6.45, 7) is 21.0. The van der Waals surface area contributed by atoms with Crippen LogP contribution in [0.2, 0.25) is 16.6 Å². The van der Waals surface area contributed by atoms with Gasteiger partial charge in [0.1, 0.15) is 8.07 Å². The standard InChI is InChI=1S/C21H33ISi/c1-15(2)23(16(3)4,17(5)6)13-12-18-14-19(21(7,8)9)10-11-20(18)22/h10-11,14-17H,1-9H3. The second-order valence-corrected chi connectivity index (χ2v) is 15.3. The molecule has 0 spiro atoms. The lowest BCUT2D eigenvalue weighted by Crippen LogP contribution is -2.43. The molecule has 0 aliphatic rings. The van der Waals surface area contributed by atoms with E-state index in [4.69, 9.17) is 0 Å². The Balaban J connectivity index is 3.44. The van der Waals surface area contributed by atoms with Crippen LogP contribution in [0.25, 0.3) is 0 Å². The first kappa shape index (κ1) is 20.8. The highest BCUT2D eigenvalue weighted by atomic mass is 127. The van der Waals surface area contributed by atoms with Gasteiger partial charge in [-0.3, -0.25) is 0 Å². The molecule has 0 bridgehead atoms. The Morgan fingerprint density at radius 2 is 1.39 bits per heavy atom. The van der Waals surface area contributed by atoms with Crippen molar-refractivity contribution in [2.45, 2.75) is 84.4 Å². The molecule has 1 aromatic rings. The highest BCUT2D eigenvalue weighted by Crippen LogP contribution is 2.40.